The average Bonchev–Trinajstić information content (AvgIpc) is 3.03. The number of imide groups is 1. The molecule has 0 aliphatic carbocycles. The highest BCUT2D eigenvalue weighted by Gasteiger charge is 2.33. The van der Waals surface area contributed by atoms with Gasteiger partial charge in [0.2, 0.25) is 0 Å². The zero-order chi connectivity index (χ0) is 14.3. The summed E-state index contributed by atoms with van der Waals surface area (Å²) in [6.07, 6.45) is 0.900. The van der Waals surface area contributed by atoms with Crippen LogP contribution in [0.2, 0.25) is 0 Å². The predicted molar refractivity (Wildman–Crippen MR) is 78.9 cm³/mol. The molecule has 1 saturated heterocycles. The summed E-state index contributed by atoms with van der Waals surface area (Å²) in [5.74, 6) is -0.893. The van der Waals surface area contributed by atoms with Gasteiger partial charge in [-0.1, -0.05) is 0 Å². The Hall–Kier alpha value is -1.92. The van der Waals surface area contributed by atoms with Crippen molar-refractivity contribution in [2.75, 3.05) is 20.1 Å². The van der Waals surface area contributed by atoms with Gasteiger partial charge in [-0.3, -0.25) is 19.3 Å². The van der Waals surface area contributed by atoms with E-state index in [-0.39, 0.29) is 36.2 Å². The number of carbonyl (C=O) groups excluding carboxylic acids is 3. The first kappa shape index (κ1) is 15.5. The van der Waals surface area contributed by atoms with Crippen LogP contribution in [0.3, 0.4) is 0 Å². The maximum atomic E-state index is 12.1. The van der Waals surface area contributed by atoms with Gasteiger partial charge < -0.3 is 10.6 Å². The van der Waals surface area contributed by atoms with E-state index in [4.69, 9.17) is 0 Å². The number of nitrogens with zero attached hydrogens (tertiary/aromatic N) is 1. The molecular weight excluding hydrogens is 294 g/mol. The molecular formula is C14H16ClN3O3. The van der Waals surface area contributed by atoms with Crippen molar-refractivity contribution >= 4 is 30.1 Å². The largest absolute Gasteiger partial charge is 0.348 e. The number of fused-ring (bicyclic) bond motifs is 1. The molecule has 3 rings (SSSR count). The first-order valence-corrected chi connectivity index (χ1v) is 6.56. The summed E-state index contributed by atoms with van der Waals surface area (Å²) in [5, 5.41) is 6.08. The molecule has 112 valence electrons. The first-order valence-electron chi connectivity index (χ1n) is 6.56. The highest BCUT2D eigenvalue weighted by atomic mass is 35.5. The third-order valence-corrected chi connectivity index (χ3v) is 3.75. The highest BCUT2D eigenvalue weighted by molar-refractivity contribution is 6.21. The second-order valence-corrected chi connectivity index (χ2v) is 5.09. The fraction of sp³-hybridized carbons (Fsp3) is 0.357. The summed E-state index contributed by atoms with van der Waals surface area (Å²) in [7, 11) is 1.44. The molecule has 0 bridgehead atoms. The quantitative estimate of drug-likeness (QED) is 0.776. The van der Waals surface area contributed by atoms with Gasteiger partial charge in [-0.05, 0) is 31.2 Å². The third-order valence-electron chi connectivity index (χ3n) is 3.75. The maximum Gasteiger partial charge on any atom is 0.261 e. The van der Waals surface area contributed by atoms with Crippen molar-refractivity contribution in [3.8, 4) is 0 Å². The zero-order valence-corrected chi connectivity index (χ0v) is 12.3. The van der Waals surface area contributed by atoms with Crippen LogP contribution in [-0.2, 0) is 0 Å². The van der Waals surface area contributed by atoms with Crippen molar-refractivity contribution in [3.63, 3.8) is 0 Å². The predicted octanol–water partition coefficient (Wildman–Crippen LogP) is 0.426. The Morgan fingerprint density at radius 1 is 1.29 bits per heavy atom. The summed E-state index contributed by atoms with van der Waals surface area (Å²) in [5.41, 5.74) is 1.07. The number of carbonyl (C=O) groups is 3. The molecule has 0 aromatic heterocycles. The molecule has 2 N–H and O–H groups in total. The van der Waals surface area contributed by atoms with Crippen LogP contribution in [0.5, 0.6) is 0 Å². The Bertz CT molecular complexity index is 611. The fourth-order valence-corrected chi connectivity index (χ4v) is 2.55. The minimum atomic E-state index is -0.359. The molecule has 0 radical (unpaired) electrons. The van der Waals surface area contributed by atoms with Crippen LogP contribution in [0.4, 0.5) is 0 Å². The summed E-state index contributed by atoms with van der Waals surface area (Å²) in [6.45, 7) is 1.66. The summed E-state index contributed by atoms with van der Waals surface area (Å²) in [4.78, 5) is 36.8. The SMILES string of the molecule is CN1C(=O)c2ccc(C(=O)NC3CCNC3)cc2C1=O.Cl. The number of hydrogen-bond acceptors (Lipinski definition) is 4. The van der Waals surface area contributed by atoms with Crippen LogP contribution in [0.15, 0.2) is 18.2 Å². The van der Waals surface area contributed by atoms with Gasteiger partial charge in [-0.25, -0.2) is 0 Å². The molecule has 6 nitrogen and oxygen atoms in total. The number of amides is 3. The Morgan fingerprint density at radius 2 is 2.00 bits per heavy atom. The number of nitrogens with one attached hydrogen (secondary N) is 2. The smallest absolute Gasteiger partial charge is 0.261 e. The van der Waals surface area contributed by atoms with Gasteiger partial charge in [-0.15, -0.1) is 12.4 Å². The van der Waals surface area contributed by atoms with E-state index in [1.54, 1.807) is 12.1 Å². The Balaban J connectivity index is 0.00000161. The van der Waals surface area contributed by atoms with E-state index in [0.717, 1.165) is 24.4 Å². The molecule has 1 atom stereocenters. The number of benzene rings is 1. The molecule has 2 aliphatic rings. The van der Waals surface area contributed by atoms with E-state index in [2.05, 4.69) is 10.6 Å². The van der Waals surface area contributed by atoms with E-state index in [0.29, 0.717) is 16.7 Å². The lowest BCUT2D eigenvalue weighted by Gasteiger charge is -2.11. The normalized spacial score (nSPS) is 20.2. The van der Waals surface area contributed by atoms with Gasteiger partial charge in [-0.2, -0.15) is 0 Å². The van der Waals surface area contributed by atoms with E-state index in [1.165, 1.54) is 13.1 Å². The summed E-state index contributed by atoms with van der Waals surface area (Å²) < 4.78 is 0. The minimum Gasteiger partial charge on any atom is -0.348 e. The van der Waals surface area contributed by atoms with E-state index < -0.39 is 0 Å². The monoisotopic (exact) mass is 309 g/mol. The van der Waals surface area contributed by atoms with Crippen molar-refractivity contribution in [3.05, 3.63) is 34.9 Å². The van der Waals surface area contributed by atoms with Crippen LogP contribution in [0, 0.1) is 0 Å². The van der Waals surface area contributed by atoms with Crippen LogP contribution in [0.1, 0.15) is 37.5 Å². The molecule has 1 unspecified atom stereocenters. The van der Waals surface area contributed by atoms with Gasteiger partial charge in [0.1, 0.15) is 0 Å². The summed E-state index contributed by atoms with van der Waals surface area (Å²) >= 11 is 0. The minimum absolute atomic E-state index is 0. The van der Waals surface area contributed by atoms with Gasteiger partial charge in [0.15, 0.2) is 0 Å². The van der Waals surface area contributed by atoms with Crippen molar-refractivity contribution in [1.82, 2.24) is 15.5 Å². The molecule has 2 heterocycles. The lowest BCUT2D eigenvalue weighted by molar-refractivity contribution is 0.0693. The number of halogens is 1. The van der Waals surface area contributed by atoms with Crippen LogP contribution in [-0.4, -0.2) is 48.8 Å². The molecule has 0 saturated carbocycles. The maximum absolute atomic E-state index is 12.1. The van der Waals surface area contributed by atoms with Crippen molar-refractivity contribution in [2.45, 2.75) is 12.5 Å². The standard InChI is InChI=1S/C14H15N3O3.ClH/c1-17-13(19)10-3-2-8(6-11(10)14(17)20)12(18)16-9-4-5-15-7-9;/h2-3,6,9,15H,4-5,7H2,1H3,(H,16,18);1H. The summed E-state index contributed by atoms with van der Waals surface area (Å²) in [6, 6.07) is 4.74. The van der Waals surface area contributed by atoms with Crippen LogP contribution >= 0.6 is 12.4 Å². The topological polar surface area (TPSA) is 78.5 Å². The van der Waals surface area contributed by atoms with Crippen molar-refractivity contribution in [2.24, 2.45) is 0 Å². The average molecular weight is 310 g/mol. The Kier molecular flexibility index (Phi) is 4.29. The highest BCUT2D eigenvalue weighted by Crippen LogP contribution is 2.22. The third kappa shape index (κ3) is 2.64. The number of hydrogen-bond donors (Lipinski definition) is 2. The molecule has 7 heteroatoms. The van der Waals surface area contributed by atoms with Crippen LogP contribution in [0.25, 0.3) is 0 Å². The molecule has 1 aromatic rings. The van der Waals surface area contributed by atoms with E-state index >= 15 is 0 Å². The zero-order valence-electron chi connectivity index (χ0n) is 11.5. The second kappa shape index (κ2) is 5.83. The molecule has 1 aromatic carbocycles. The molecule has 3 amide bonds. The number of rotatable bonds is 2. The lowest BCUT2D eigenvalue weighted by atomic mass is 10.0. The van der Waals surface area contributed by atoms with Crippen molar-refractivity contribution < 1.29 is 14.4 Å². The van der Waals surface area contributed by atoms with Crippen LogP contribution < -0.4 is 10.6 Å². The van der Waals surface area contributed by atoms with Gasteiger partial charge >= 0.3 is 0 Å². The Morgan fingerprint density at radius 3 is 2.67 bits per heavy atom. The van der Waals surface area contributed by atoms with Gasteiger partial charge in [0, 0.05) is 25.2 Å². The second-order valence-electron chi connectivity index (χ2n) is 5.09. The first-order chi connectivity index (χ1) is 9.58. The molecule has 21 heavy (non-hydrogen) atoms. The fourth-order valence-electron chi connectivity index (χ4n) is 2.55. The molecule has 1 fully saturated rings. The van der Waals surface area contributed by atoms with Gasteiger partial charge in [0.25, 0.3) is 17.7 Å². The lowest BCUT2D eigenvalue weighted by Crippen LogP contribution is -2.36. The van der Waals surface area contributed by atoms with Gasteiger partial charge in [0.05, 0.1) is 11.1 Å². The van der Waals surface area contributed by atoms with E-state index in [1.807, 2.05) is 0 Å². The molecule has 0 spiro atoms. The Labute approximate surface area is 128 Å². The van der Waals surface area contributed by atoms with Crippen molar-refractivity contribution in [1.29, 1.82) is 0 Å². The molecule has 2 aliphatic heterocycles. The van der Waals surface area contributed by atoms with E-state index in [9.17, 15) is 14.4 Å².